The van der Waals surface area contributed by atoms with Crippen LogP contribution in [0.25, 0.3) is 0 Å². The number of hydrogen-bond acceptors (Lipinski definition) is 3. The summed E-state index contributed by atoms with van der Waals surface area (Å²) in [5.74, 6) is 0.242. The lowest BCUT2D eigenvalue weighted by Crippen LogP contribution is -2.43. The van der Waals surface area contributed by atoms with E-state index in [0.29, 0.717) is 17.0 Å². The highest BCUT2D eigenvalue weighted by Crippen LogP contribution is 2.29. The van der Waals surface area contributed by atoms with E-state index in [1.165, 1.54) is 0 Å². The lowest BCUT2D eigenvalue weighted by Gasteiger charge is -2.28. The number of nitrogens with one attached hydrogen (secondary N) is 2. The van der Waals surface area contributed by atoms with Gasteiger partial charge in [-0.3, -0.25) is 4.79 Å². The number of ether oxygens (including phenoxy) is 1. The number of nitrogens with two attached hydrogens (primary N) is 1. The molecule has 0 bridgehead atoms. The quantitative estimate of drug-likeness (QED) is 0.754. The van der Waals surface area contributed by atoms with Crippen molar-refractivity contribution in [3.63, 3.8) is 0 Å². The first-order valence-electron chi connectivity index (χ1n) is 7.92. The molecule has 0 saturated heterocycles. The van der Waals surface area contributed by atoms with Crippen molar-refractivity contribution in [3.05, 3.63) is 59.7 Å². The SMILES string of the molecule is COc1ccccc1C(C)(C)NC(=O)Nc1ccccc1CC(N)=O. The summed E-state index contributed by atoms with van der Waals surface area (Å²) in [4.78, 5) is 23.6. The first-order chi connectivity index (χ1) is 11.8. The zero-order valence-electron chi connectivity index (χ0n) is 14.6. The van der Waals surface area contributed by atoms with Gasteiger partial charge in [-0.1, -0.05) is 36.4 Å². The number of hydrogen-bond donors (Lipinski definition) is 3. The summed E-state index contributed by atoms with van der Waals surface area (Å²) in [6.45, 7) is 3.78. The van der Waals surface area contributed by atoms with Crippen molar-refractivity contribution in [1.82, 2.24) is 5.32 Å². The molecule has 0 aromatic heterocycles. The van der Waals surface area contributed by atoms with Crippen molar-refractivity contribution in [3.8, 4) is 5.75 Å². The Hall–Kier alpha value is -3.02. The van der Waals surface area contributed by atoms with Gasteiger partial charge >= 0.3 is 6.03 Å². The van der Waals surface area contributed by atoms with Crippen LogP contribution in [0.3, 0.4) is 0 Å². The number of urea groups is 1. The minimum atomic E-state index is -0.657. The zero-order chi connectivity index (χ0) is 18.4. The summed E-state index contributed by atoms with van der Waals surface area (Å²) in [5, 5.41) is 5.71. The Bertz CT molecular complexity index is 772. The van der Waals surface area contributed by atoms with E-state index in [2.05, 4.69) is 10.6 Å². The minimum Gasteiger partial charge on any atom is -0.496 e. The van der Waals surface area contributed by atoms with Crippen LogP contribution in [0.4, 0.5) is 10.5 Å². The molecular weight excluding hydrogens is 318 g/mol. The molecule has 2 aromatic carbocycles. The van der Waals surface area contributed by atoms with Crippen LogP contribution in [0.1, 0.15) is 25.0 Å². The molecule has 2 aromatic rings. The Balaban J connectivity index is 2.16. The molecule has 0 radical (unpaired) electrons. The Kier molecular flexibility index (Phi) is 5.64. The molecule has 0 aliphatic heterocycles. The summed E-state index contributed by atoms with van der Waals surface area (Å²) < 4.78 is 5.37. The van der Waals surface area contributed by atoms with Crippen molar-refractivity contribution >= 4 is 17.6 Å². The predicted octanol–water partition coefficient (Wildman–Crippen LogP) is 2.78. The monoisotopic (exact) mass is 341 g/mol. The van der Waals surface area contributed by atoms with Crippen molar-refractivity contribution in [2.24, 2.45) is 5.73 Å². The second-order valence-electron chi connectivity index (χ2n) is 6.20. The average molecular weight is 341 g/mol. The molecule has 0 spiro atoms. The van der Waals surface area contributed by atoms with Crippen LogP contribution >= 0.6 is 0 Å². The van der Waals surface area contributed by atoms with Gasteiger partial charge in [-0.2, -0.15) is 0 Å². The van der Waals surface area contributed by atoms with Crippen LogP contribution in [0, 0.1) is 0 Å². The van der Waals surface area contributed by atoms with Gasteiger partial charge in [-0.15, -0.1) is 0 Å². The number of benzene rings is 2. The van der Waals surface area contributed by atoms with E-state index < -0.39 is 11.4 Å². The molecule has 0 fully saturated rings. The van der Waals surface area contributed by atoms with Crippen LogP contribution in [-0.4, -0.2) is 19.0 Å². The maximum Gasteiger partial charge on any atom is 0.319 e. The number of amides is 3. The molecule has 6 heteroatoms. The lowest BCUT2D eigenvalue weighted by atomic mass is 9.93. The normalized spacial score (nSPS) is 10.8. The molecule has 3 amide bonds. The smallest absolute Gasteiger partial charge is 0.319 e. The van der Waals surface area contributed by atoms with Crippen molar-refractivity contribution in [1.29, 1.82) is 0 Å². The molecule has 6 nitrogen and oxygen atoms in total. The van der Waals surface area contributed by atoms with E-state index in [9.17, 15) is 9.59 Å². The fraction of sp³-hybridized carbons (Fsp3) is 0.263. The van der Waals surface area contributed by atoms with Crippen molar-refractivity contribution in [2.75, 3.05) is 12.4 Å². The fourth-order valence-corrected chi connectivity index (χ4v) is 2.65. The highest BCUT2D eigenvalue weighted by Gasteiger charge is 2.26. The summed E-state index contributed by atoms with van der Waals surface area (Å²) in [5.41, 5.74) is 6.67. The van der Waals surface area contributed by atoms with E-state index in [1.54, 1.807) is 31.4 Å². The highest BCUT2D eigenvalue weighted by molar-refractivity contribution is 5.91. The van der Waals surface area contributed by atoms with Gasteiger partial charge in [0.15, 0.2) is 0 Å². The van der Waals surface area contributed by atoms with Gasteiger partial charge in [-0.25, -0.2) is 4.79 Å². The van der Waals surface area contributed by atoms with E-state index in [-0.39, 0.29) is 12.5 Å². The first-order valence-corrected chi connectivity index (χ1v) is 7.92. The number of carbonyl (C=O) groups excluding carboxylic acids is 2. The van der Waals surface area contributed by atoms with E-state index in [4.69, 9.17) is 10.5 Å². The molecule has 0 atom stereocenters. The Morgan fingerprint density at radius 1 is 1.08 bits per heavy atom. The third kappa shape index (κ3) is 4.73. The number of primary amides is 1. The molecule has 2 rings (SSSR count). The topological polar surface area (TPSA) is 93.4 Å². The number of carbonyl (C=O) groups is 2. The predicted molar refractivity (Wildman–Crippen MR) is 97.5 cm³/mol. The van der Waals surface area contributed by atoms with Gasteiger partial charge in [-0.05, 0) is 31.5 Å². The zero-order valence-corrected chi connectivity index (χ0v) is 14.6. The second-order valence-corrected chi connectivity index (χ2v) is 6.20. The van der Waals surface area contributed by atoms with Crippen molar-refractivity contribution < 1.29 is 14.3 Å². The van der Waals surface area contributed by atoms with Gasteiger partial charge in [0, 0.05) is 11.3 Å². The minimum absolute atomic E-state index is 0.0619. The molecule has 0 aliphatic carbocycles. The molecule has 25 heavy (non-hydrogen) atoms. The Labute approximate surface area is 147 Å². The van der Waals surface area contributed by atoms with Gasteiger partial charge < -0.3 is 21.1 Å². The molecule has 4 N–H and O–H groups in total. The third-order valence-corrected chi connectivity index (χ3v) is 3.84. The van der Waals surface area contributed by atoms with Gasteiger partial charge in [0.1, 0.15) is 5.75 Å². The van der Waals surface area contributed by atoms with Gasteiger partial charge in [0.2, 0.25) is 5.91 Å². The van der Waals surface area contributed by atoms with Crippen LogP contribution < -0.4 is 21.1 Å². The lowest BCUT2D eigenvalue weighted by molar-refractivity contribution is -0.117. The standard InChI is InChI=1S/C19H23N3O3/c1-19(2,14-9-5-7-11-16(14)25-3)22-18(24)21-15-10-6-4-8-13(15)12-17(20)23/h4-11H,12H2,1-3H3,(H2,20,23)(H2,21,22,24). The van der Waals surface area contributed by atoms with Gasteiger partial charge in [0.05, 0.1) is 19.1 Å². The van der Waals surface area contributed by atoms with Crippen LogP contribution in [0.5, 0.6) is 5.75 Å². The summed E-state index contributed by atoms with van der Waals surface area (Å²) >= 11 is 0. The number of methoxy groups -OCH3 is 1. The number of anilines is 1. The second kappa shape index (κ2) is 7.70. The maximum atomic E-state index is 12.5. The van der Waals surface area contributed by atoms with E-state index >= 15 is 0 Å². The molecule has 0 unspecified atom stereocenters. The Morgan fingerprint density at radius 2 is 1.72 bits per heavy atom. The molecule has 0 heterocycles. The summed E-state index contributed by atoms with van der Waals surface area (Å²) in [6.07, 6.45) is 0.0619. The van der Waals surface area contributed by atoms with E-state index in [0.717, 1.165) is 5.56 Å². The van der Waals surface area contributed by atoms with Crippen molar-refractivity contribution in [2.45, 2.75) is 25.8 Å². The molecule has 132 valence electrons. The maximum absolute atomic E-state index is 12.5. The Morgan fingerprint density at radius 3 is 2.40 bits per heavy atom. The van der Waals surface area contributed by atoms with Crippen LogP contribution in [-0.2, 0) is 16.8 Å². The molecule has 0 aliphatic rings. The van der Waals surface area contributed by atoms with Crippen LogP contribution in [0.15, 0.2) is 48.5 Å². The average Bonchev–Trinajstić information content (AvgIpc) is 2.55. The summed E-state index contributed by atoms with van der Waals surface area (Å²) in [6, 6.07) is 14.2. The largest absolute Gasteiger partial charge is 0.496 e. The third-order valence-electron chi connectivity index (χ3n) is 3.84. The molecule has 0 saturated carbocycles. The highest BCUT2D eigenvalue weighted by atomic mass is 16.5. The van der Waals surface area contributed by atoms with Gasteiger partial charge in [0.25, 0.3) is 0 Å². The first kappa shape index (κ1) is 18.3. The van der Waals surface area contributed by atoms with Crippen LogP contribution in [0.2, 0.25) is 0 Å². The number of rotatable bonds is 6. The number of para-hydroxylation sites is 2. The fourth-order valence-electron chi connectivity index (χ4n) is 2.65. The molecular formula is C19H23N3O3. The van der Waals surface area contributed by atoms with E-state index in [1.807, 2.05) is 38.1 Å². The summed E-state index contributed by atoms with van der Waals surface area (Å²) in [7, 11) is 1.59.